The predicted octanol–water partition coefficient (Wildman–Crippen LogP) is 2.18. The number of hydrogen-bond donors (Lipinski definition) is 1. The molecule has 1 N–H and O–H groups in total. The number of carbonyl (C=O) groups excluding carboxylic acids is 1. The number of hydrogen-bond acceptors (Lipinski definition) is 5. The Morgan fingerprint density at radius 1 is 1.19 bits per heavy atom. The van der Waals surface area contributed by atoms with E-state index in [-0.39, 0.29) is 12.0 Å². The molecule has 0 aliphatic carbocycles. The number of benzene rings is 1. The summed E-state index contributed by atoms with van der Waals surface area (Å²) in [5, 5.41) is 3.22. The molecule has 0 aromatic heterocycles. The van der Waals surface area contributed by atoms with Crippen LogP contribution in [0.3, 0.4) is 0 Å². The Morgan fingerprint density at radius 2 is 1.90 bits per heavy atom. The number of rotatable bonds is 9. The Balaban J connectivity index is 2.53. The van der Waals surface area contributed by atoms with Crippen molar-refractivity contribution in [1.82, 2.24) is 5.32 Å². The minimum Gasteiger partial charge on any atom is -0.493 e. The van der Waals surface area contributed by atoms with E-state index in [9.17, 15) is 4.79 Å². The smallest absolute Gasteiger partial charge is 0.323 e. The monoisotopic (exact) mass is 295 g/mol. The molecule has 5 heteroatoms. The van der Waals surface area contributed by atoms with Crippen molar-refractivity contribution in [3.63, 3.8) is 0 Å². The zero-order chi connectivity index (χ0) is 15.7. The minimum atomic E-state index is -0.245. The van der Waals surface area contributed by atoms with Crippen molar-refractivity contribution in [3.8, 4) is 11.5 Å². The molecule has 5 nitrogen and oxygen atoms in total. The summed E-state index contributed by atoms with van der Waals surface area (Å²) in [5.41, 5.74) is 1.12. The van der Waals surface area contributed by atoms with Crippen LogP contribution in [0.15, 0.2) is 18.2 Å². The highest BCUT2D eigenvalue weighted by atomic mass is 16.5. The largest absolute Gasteiger partial charge is 0.493 e. The van der Waals surface area contributed by atoms with Gasteiger partial charge in [0.2, 0.25) is 0 Å². The third-order valence-corrected chi connectivity index (χ3v) is 3.23. The molecule has 1 aromatic rings. The van der Waals surface area contributed by atoms with Crippen molar-refractivity contribution in [1.29, 1.82) is 0 Å². The van der Waals surface area contributed by atoms with Crippen LogP contribution in [-0.2, 0) is 16.0 Å². The summed E-state index contributed by atoms with van der Waals surface area (Å²) in [7, 11) is 3.23. The molecule has 1 atom stereocenters. The molecule has 21 heavy (non-hydrogen) atoms. The molecule has 1 aromatic carbocycles. The van der Waals surface area contributed by atoms with Crippen molar-refractivity contribution in [3.05, 3.63) is 23.8 Å². The van der Waals surface area contributed by atoms with E-state index in [1.165, 1.54) is 0 Å². The zero-order valence-corrected chi connectivity index (χ0v) is 13.3. The van der Waals surface area contributed by atoms with E-state index in [4.69, 9.17) is 14.2 Å². The molecule has 0 amide bonds. The minimum absolute atomic E-state index is 0.188. The van der Waals surface area contributed by atoms with Crippen molar-refractivity contribution in [2.75, 3.05) is 27.4 Å². The third-order valence-electron chi connectivity index (χ3n) is 3.23. The fourth-order valence-corrected chi connectivity index (χ4v) is 2.06. The van der Waals surface area contributed by atoms with Crippen molar-refractivity contribution < 1.29 is 19.0 Å². The van der Waals surface area contributed by atoms with Crippen LogP contribution in [0.2, 0.25) is 0 Å². The van der Waals surface area contributed by atoms with E-state index in [0.29, 0.717) is 31.1 Å². The fraction of sp³-hybridized carbons (Fsp3) is 0.562. The number of ether oxygens (including phenoxy) is 3. The van der Waals surface area contributed by atoms with Crippen LogP contribution in [-0.4, -0.2) is 39.4 Å². The highest BCUT2D eigenvalue weighted by Gasteiger charge is 2.16. The molecule has 0 fully saturated rings. The lowest BCUT2D eigenvalue weighted by molar-refractivity contribution is -0.145. The van der Waals surface area contributed by atoms with Gasteiger partial charge in [0.1, 0.15) is 6.04 Å². The van der Waals surface area contributed by atoms with Gasteiger partial charge in [-0.2, -0.15) is 0 Å². The Bertz CT molecular complexity index is 448. The average molecular weight is 295 g/mol. The van der Waals surface area contributed by atoms with Gasteiger partial charge < -0.3 is 19.5 Å². The quantitative estimate of drug-likeness (QED) is 0.708. The number of esters is 1. The van der Waals surface area contributed by atoms with Gasteiger partial charge in [-0.05, 0) is 44.0 Å². The molecule has 0 bridgehead atoms. The van der Waals surface area contributed by atoms with Crippen LogP contribution >= 0.6 is 0 Å². The first-order valence-electron chi connectivity index (χ1n) is 7.27. The maximum Gasteiger partial charge on any atom is 0.323 e. The maximum absolute atomic E-state index is 11.7. The van der Waals surface area contributed by atoms with Crippen LogP contribution in [0.5, 0.6) is 11.5 Å². The first-order valence-corrected chi connectivity index (χ1v) is 7.27. The standard InChI is InChI=1S/C16H25NO4/c1-5-13(16(18)21-6-2)17-10-9-12-7-8-14(19-3)15(11-12)20-4/h7-8,11,13,17H,5-6,9-10H2,1-4H3. The summed E-state index contributed by atoms with van der Waals surface area (Å²) in [6.45, 7) is 4.89. The van der Waals surface area contributed by atoms with Gasteiger partial charge in [-0.15, -0.1) is 0 Å². The Hall–Kier alpha value is -1.75. The van der Waals surface area contributed by atoms with Gasteiger partial charge in [-0.25, -0.2) is 0 Å². The number of nitrogens with one attached hydrogen (secondary N) is 1. The molecule has 1 unspecified atom stereocenters. The lowest BCUT2D eigenvalue weighted by Gasteiger charge is -2.15. The second-order valence-electron chi connectivity index (χ2n) is 4.61. The molecular weight excluding hydrogens is 270 g/mol. The van der Waals surface area contributed by atoms with E-state index in [0.717, 1.165) is 12.0 Å². The van der Waals surface area contributed by atoms with Crippen LogP contribution in [0.4, 0.5) is 0 Å². The highest BCUT2D eigenvalue weighted by Crippen LogP contribution is 2.27. The number of methoxy groups -OCH3 is 2. The van der Waals surface area contributed by atoms with Gasteiger partial charge in [0.15, 0.2) is 11.5 Å². The number of carbonyl (C=O) groups is 1. The average Bonchev–Trinajstić information content (AvgIpc) is 2.51. The molecule has 0 aliphatic heterocycles. The van der Waals surface area contributed by atoms with E-state index < -0.39 is 0 Å². The summed E-state index contributed by atoms with van der Waals surface area (Å²) in [6.07, 6.45) is 1.51. The molecule has 1 rings (SSSR count). The molecule has 118 valence electrons. The molecule has 0 radical (unpaired) electrons. The predicted molar refractivity (Wildman–Crippen MR) is 82.0 cm³/mol. The SMILES string of the molecule is CCOC(=O)C(CC)NCCc1ccc(OC)c(OC)c1. The molecule has 0 saturated heterocycles. The van der Waals surface area contributed by atoms with Gasteiger partial charge in [0.05, 0.1) is 20.8 Å². The van der Waals surface area contributed by atoms with Gasteiger partial charge in [0.25, 0.3) is 0 Å². The van der Waals surface area contributed by atoms with E-state index in [1.807, 2.05) is 32.0 Å². The molecule has 0 spiro atoms. The summed E-state index contributed by atoms with van der Waals surface area (Å²) >= 11 is 0. The van der Waals surface area contributed by atoms with Crippen molar-refractivity contribution in [2.45, 2.75) is 32.7 Å². The Labute approximate surface area is 126 Å². The third kappa shape index (κ3) is 5.27. The van der Waals surface area contributed by atoms with Crippen LogP contribution in [0.25, 0.3) is 0 Å². The highest BCUT2D eigenvalue weighted by molar-refractivity contribution is 5.75. The summed E-state index contributed by atoms with van der Waals surface area (Å²) < 4.78 is 15.5. The lowest BCUT2D eigenvalue weighted by Crippen LogP contribution is -2.38. The van der Waals surface area contributed by atoms with Gasteiger partial charge in [-0.3, -0.25) is 4.79 Å². The fourth-order valence-electron chi connectivity index (χ4n) is 2.06. The molecular formula is C16H25NO4. The summed E-state index contributed by atoms with van der Waals surface area (Å²) in [4.78, 5) is 11.7. The van der Waals surface area contributed by atoms with Crippen molar-refractivity contribution >= 4 is 5.97 Å². The first kappa shape index (κ1) is 17.3. The second-order valence-corrected chi connectivity index (χ2v) is 4.61. The van der Waals surface area contributed by atoms with Gasteiger partial charge >= 0.3 is 5.97 Å². The molecule has 0 aliphatic rings. The van der Waals surface area contributed by atoms with E-state index in [1.54, 1.807) is 14.2 Å². The van der Waals surface area contributed by atoms with E-state index >= 15 is 0 Å². The Morgan fingerprint density at radius 3 is 2.48 bits per heavy atom. The summed E-state index contributed by atoms with van der Waals surface area (Å²) in [5.74, 6) is 1.24. The summed E-state index contributed by atoms with van der Waals surface area (Å²) in [6, 6.07) is 5.59. The molecule has 0 saturated carbocycles. The van der Waals surface area contributed by atoms with Crippen molar-refractivity contribution in [2.24, 2.45) is 0 Å². The lowest BCUT2D eigenvalue weighted by atomic mass is 10.1. The normalized spacial score (nSPS) is 11.8. The van der Waals surface area contributed by atoms with Gasteiger partial charge in [0, 0.05) is 0 Å². The van der Waals surface area contributed by atoms with Crippen LogP contribution in [0, 0.1) is 0 Å². The Kier molecular flexibility index (Phi) is 7.61. The zero-order valence-electron chi connectivity index (χ0n) is 13.3. The van der Waals surface area contributed by atoms with Crippen LogP contribution < -0.4 is 14.8 Å². The topological polar surface area (TPSA) is 56.8 Å². The van der Waals surface area contributed by atoms with Crippen LogP contribution in [0.1, 0.15) is 25.8 Å². The maximum atomic E-state index is 11.7. The molecule has 0 heterocycles. The second kappa shape index (κ2) is 9.23. The van der Waals surface area contributed by atoms with E-state index in [2.05, 4.69) is 5.32 Å². The van der Waals surface area contributed by atoms with Gasteiger partial charge in [-0.1, -0.05) is 13.0 Å². The first-order chi connectivity index (χ1) is 10.2.